The summed E-state index contributed by atoms with van der Waals surface area (Å²) < 4.78 is 37.0. The summed E-state index contributed by atoms with van der Waals surface area (Å²) in [5.41, 5.74) is 6.18. The Bertz CT molecular complexity index is 522. The van der Waals surface area contributed by atoms with Crippen molar-refractivity contribution >= 4 is 10.0 Å². The standard InChI is InChI=1S/C12H22N2O4S/c1-5-14(6-7-17-4)19(15,16)12-10(3)18-9(2)11(12)8-13/h5-8,13H2,1-4H3. The van der Waals surface area contributed by atoms with Gasteiger partial charge in [0.15, 0.2) is 0 Å². The Hall–Kier alpha value is -0.890. The molecule has 1 aromatic heterocycles. The van der Waals surface area contributed by atoms with E-state index in [1.165, 1.54) is 4.31 Å². The predicted molar refractivity (Wildman–Crippen MR) is 72.4 cm³/mol. The minimum absolute atomic E-state index is 0.138. The zero-order valence-electron chi connectivity index (χ0n) is 11.9. The van der Waals surface area contributed by atoms with E-state index in [1.807, 2.05) is 0 Å². The van der Waals surface area contributed by atoms with Crippen LogP contribution in [-0.2, 0) is 21.3 Å². The van der Waals surface area contributed by atoms with Crippen molar-refractivity contribution in [2.75, 3.05) is 26.8 Å². The molecule has 0 amide bonds. The average molecular weight is 290 g/mol. The summed E-state index contributed by atoms with van der Waals surface area (Å²) in [5.74, 6) is 0.940. The molecule has 6 nitrogen and oxygen atoms in total. The highest BCUT2D eigenvalue weighted by molar-refractivity contribution is 7.89. The summed E-state index contributed by atoms with van der Waals surface area (Å²) in [4.78, 5) is 0.199. The molecule has 0 aliphatic rings. The minimum Gasteiger partial charge on any atom is -0.465 e. The first kappa shape index (κ1) is 16.2. The van der Waals surface area contributed by atoms with Crippen LogP contribution in [0.3, 0.4) is 0 Å². The van der Waals surface area contributed by atoms with E-state index in [0.29, 0.717) is 36.8 Å². The van der Waals surface area contributed by atoms with E-state index in [1.54, 1.807) is 27.9 Å². The third-order valence-corrected chi connectivity index (χ3v) is 5.19. The van der Waals surface area contributed by atoms with Crippen molar-refractivity contribution in [3.05, 3.63) is 17.1 Å². The maximum atomic E-state index is 12.6. The molecule has 0 atom stereocenters. The minimum atomic E-state index is -3.60. The van der Waals surface area contributed by atoms with Crippen LogP contribution >= 0.6 is 0 Å². The molecule has 19 heavy (non-hydrogen) atoms. The van der Waals surface area contributed by atoms with Gasteiger partial charge in [0.05, 0.1) is 6.61 Å². The monoisotopic (exact) mass is 290 g/mol. The second-order valence-corrected chi connectivity index (χ2v) is 6.09. The number of methoxy groups -OCH3 is 1. The van der Waals surface area contributed by atoms with E-state index in [-0.39, 0.29) is 11.4 Å². The van der Waals surface area contributed by atoms with E-state index in [9.17, 15) is 8.42 Å². The van der Waals surface area contributed by atoms with Gasteiger partial charge in [0, 0.05) is 32.3 Å². The zero-order valence-corrected chi connectivity index (χ0v) is 12.7. The van der Waals surface area contributed by atoms with Crippen molar-refractivity contribution in [1.29, 1.82) is 0 Å². The molecule has 0 aliphatic heterocycles. The van der Waals surface area contributed by atoms with Crippen molar-refractivity contribution < 1.29 is 17.6 Å². The van der Waals surface area contributed by atoms with Gasteiger partial charge in [-0.2, -0.15) is 4.31 Å². The number of furan rings is 1. The van der Waals surface area contributed by atoms with Crippen LogP contribution in [-0.4, -0.2) is 39.5 Å². The van der Waals surface area contributed by atoms with Gasteiger partial charge in [0.1, 0.15) is 16.4 Å². The maximum absolute atomic E-state index is 12.6. The Kier molecular flexibility index (Phi) is 5.54. The maximum Gasteiger partial charge on any atom is 0.246 e. The molecule has 0 aliphatic carbocycles. The molecule has 2 N–H and O–H groups in total. The Labute approximate surface area is 114 Å². The largest absolute Gasteiger partial charge is 0.465 e. The molecule has 0 saturated carbocycles. The number of ether oxygens (including phenoxy) is 1. The van der Waals surface area contributed by atoms with Crippen LogP contribution in [0.2, 0.25) is 0 Å². The molecule has 0 aromatic carbocycles. The number of nitrogens with zero attached hydrogens (tertiary/aromatic N) is 1. The Morgan fingerprint density at radius 2 is 1.95 bits per heavy atom. The van der Waals surface area contributed by atoms with E-state index in [4.69, 9.17) is 14.9 Å². The molecule has 0 saturated heterocycles. The molecule has 0 unspecified atom stereocenters. The second kappa shape index (κ2) is 6.51. The van der Waals surface area contributed by atoms with Gasteiger partial charge in [0.2, 0.25) is 10.0 Å². The van der Waals surface area contributed by atoms with Crippen molar-refractivity contribution in [3.8, 4) is 0 Å². The topological polar surface area (TPSA) is 85.8 Å². The summed E-state index contributed by atoms with van der Waals surface area (Å²) in [6.07, 6.45) is 0. The van der Waals surface area contributed by atoms with Gasteiger partial charge in [-0.3, -0.25) is 0 Å². The van der Waals surface area contributed by atoms with Crippen LogP contribution in [0.4, 0.5) is 0 Å². The third-order valence-electron chi connectivity index (χ3n) is 3.02. The second-order valence-electron chi connectivity index (χ2n) is 4.22. The number of hydrogen-bond acceptors (Lipinski definition) is 5. The summed E-state index contributed by atoms with van der Waals surface area (Å²) >= 11 is 0. The number of rotatable bonds is 7. The summed E-state index contributed by atoms with van der Waals surface area (Å²) in [5, 5.41) is 0. The average Bonchev–Trinajstić information content (AvgIpc) is 2.64. The van der Waals surface area contributed by atoms with Gasteiger partial charge in [0.25, 0.3) is 0 Å². The van der Waals surface area contributed by atoms with Crippen LogP contribution in [0.1, 0.15) is 24.0 Å². The number of hydrogen-bond donors (Lipinski definition) is 1. The first-order valence-electron chi connectivity index (χ1n) is 6.18. The van der Waals surface area contributed by atoms with Crippen LogP contribution in [0.25, 0.3) is 0 Å². The number of likely N-dealkylation sites (N-methyl/N-ethyl adjacent to an activating group) is 1. The van der Waals surface area contributed by atoms with E-state index in [0.717, 1.165) is 0 Å². The van der Waals surface area contributed by atoms with Gasteiger partial charge in [-0.1, -0.05) is 6.92 Å². The highest BCUT2D eigenvalue weighted by Crippen LogP contribution is 2.28. The lowest BCUT2D eigenvalue weighted by atomic mass is 10.2. The molecule has 0 fully saturated rings. The van der Waals surface area contributed by atoms with E-state index in [2.05, 4.69) is 0 Å². The zero-order chi connectivity index (χ0) is 14.6. The van der Waals surface area contributed by atoms with Crippen molar-refractivity contribution in [2.45, 2.75) is 32.2 Å². The van der Waals surface area contributed by atoms with Crippen LogP contribution in [0.5, 0.6) is 0 Å². The summed E-state index contributed by atoms with van der Waals surface area (Å²) in [7, 11) is -2.06. The lowest BCUT2D eigenvalue weighted by molar-refractivity contribution is 0.180. The van der Waals surface area contributed by atoms with Crippen molar-refractivity contribution in [1.82, 2.24) is 4.31 Å². The van der Waals surface area contributed by atoms with Crippen LogP contribution < -0.4 is 5.73 Å². The Morgan fingerprint density at radius 3 is 2.42 bits per heavy atom. The molecule has 0 radical (unpaired) electrons. The first-order valence-corrected chi connectivity index (χ1v) is 7.62. The van der Waals surface area contributed by atoms with Crippen molar-refractivity contribution in [3.63, 3.8) is 0 Å². The lowest BCUT2D eigenvalue weighted by Crippen LogP contribution is -2.34. The number of nitrogens with two attached hydrogens (primary N) is 1. The highest BCUT2D eigenvalue weighted by atomic mass is 32.2. The molecule has 1 rings (SSSR count). The first-order chi connectivity index (χ1) is 8.89. The summed E-state index contributed by atoms with van der Waals surface area (Å²) in [6.45, 7) is 6.32. The van der Waals surface area contributed by atoms with Crippen molar-refractivity contribution in [2.24, 2.45) is 5.73 Å². The Balaban J connectivity index is 3.25. The van der Waals surface area contributed by atoms with Gasteiger partial charge in [-0.15, -0.1) is 0 Å². The van der Waals surface area contributed by atoms with E-state index < -0.39 is 10.0 Å². The molecular formula is C12H22N2O4S. The fraction of sp³-hybridized carbons (Fsp3) is 0.667. The smallest absolute Gasteiger partial charge is 0.246 e. The molecule has 1 aromatic rings. The molecular weight excluding hydrogens is 268 g/mol. The molecule has 0 spiro atoms. The quantitative estimate of drug-likeness (QED) is 0.810. The number of sulfonamides is 1. The van der Waals surface area contributed by atoms with Crippen LogP contribution in [0, 0.1) is 13.8 Å². The fourth-order valence-electron chi connectivity index (χ4n) is 2.05. The number of aryl methyl sites for hydroxylation is 2. The van der Waals surface area contributed by atoms with Gasteiger partial charge in [-0.25, -0.2) is 8.42 Å². The highest BCUT2D eigenvalue weighted by Gasteiger charge is 2.30. The molecule has 110 valence electrons. The molecule has 0 bridgehead atoms. The molecule has 7 heteroatoms. The third kappa shape index (κ3) is 3.17. The van der Waals surface area contributed by atoms with E-state index >= 15 is 0 Å². The van der Waals surface area contributed by atoms with Gasteiger partial charge in [-0.05, 0) is 13.8 Å². The van der Waals surface area contributed by atoms with Gasteiger partial charge < -0.3 is 14.9 Å². The SMILES string of the molecule is CCN(CCOC)S(=O)(=O)c1c(C)oc(C)c1CN. The summed E-state index contributed by atoms with van der Waals surface area (Å²) in [6, 6.07) is 0. The normalized spacial score (nSPS) is 12.3. The predicted octanol–water partition coefficient (Wildman–Crippen LogP) is 1.01. The lowest BCUT2D eigenvalue weighted by Gasteiger charge is -2.20. The van der Waals surface area contributed by atoms with Crippen LogP contribution in [0.15, 0.2) is 9.31 Å². The fourth-order valence-corrected chi connectivity index (χ4v) is 3.91. The Morgan fingerprint density at radius 1 is 1.32 bits per heavy atom. The van der Waals surface area contributed by atoms with Gasteiger partial charge >= 0.3 is 0 Å². The molecule has 1 heterocycles.